The van der Waals surface area contributed by atoms with Crippen molar-refractivity contribution in [2.75, 3.05) is 6.54 Å². The number of nitrogens with two attached hydrogens (primary N) is 1. The second kappa shape index (κ2) is 8.24. The molecule has 21 heavy (non-hydrogen) atoms. The van der Waals surface area contributed by atoms with Gasteiger partial charge < -0.3 is 15.8 Å². The Hall–Kier alpha value is -2.11. The molecular weight excluding hydrogens is 268 g/mol. The van der Waals surface area contributed by atoms with Crippen molar-refractivity contribution in [3.05, 3.63) is 29.6 Å². The second-order valence-corrected chi connectivity index (χ2v) is 4.99. The highest BCUT2D eigenvalue weighted by atomic mass is 16.4. The Labute approximate surface area is 125 Å². The predicted octanol–water partition coefficient (Wildman–Crippen LogP) is 1.90. The molecule has 0 saturated heterocycles. The van der Waals surface area contributed by atoms with Crippen molar-refractivity contribution < 1.29 is 10.0 Å². The van der Waals surface area contributed by atoms with Crippen LogP contribution in [0.15, 0.2) is 23.4 Å². The molecule has 0 aliphatic heterocycles. The van der Waals surface area contributed by atoms with Crippen LogP contribution >= 0.6 is 0 Å². The first-order chi connectivity index (χ1) is 10.0. The standard InChI is InChI=1S/C15H24N4O2/c1-4-7-13(14(16)18-21)15(20)19(5-2)10-12-9-6-8-11(3)17-12/h6,8-9,13,21H,4-5,7,10H2,1-3H3,(H2,16,18). The predicted molar refractivity (Wildman–Crippen MR) is 81.9 cm³/mol. The van der Waals surface area contributed by atoms with Crippen molar-refractivity contribution in [3.8, 4) is 0 Å². The van der Waals surface area contributed by atoms with E-state index in [9.17, 15) is 4.79 Å². The molecular formula is C15H24N4O2. The molecule has 0 aromatic carbocycles. The number of nitrogens with zero attached hydrogens (tertiary/aromatic N) is 3. The van der Waals surface area contributed by atoms with Crippen LogP contribution in [0, 0.1) is 12.8 Å². The number of aryl methyl sites for hydroxylation is 1. The number of carbonyl (C=O) groups excluding carboxylic acids is 1. The molecule has 6 nitrogen and oxygen atoms in total. The van der Waals surface area contributed by atoms with Gasteiger partial charge in [-0.15, -0.1) is 0 Å². The van der Waals surface area contributed by atoms with E-state index in [-0.39, 0.29) is 11.7 Å². The number of aromatic nitrogens is 1. The molecule has 1 heterocycles. The third-order valence-corrected chi connectivity index (χ3v) is 3.34. The van der Waals surface area contributed by atoms with Gasteiger partial charge in [0, 0.05) is 12.2 Å². The molecule has 1 aromatic rings. The average Bonchev–Trinajstić information content (AvgIpc) is 2.49. The van der Waals surface area contributed by atoms with Gasteiger partial charge in [-0.2, -0.15) is 0 Å². The van der Waals surface area contributed by atoms with E-state index in [1.165, 1.54) is 0 Å². The Morgan fingerprint density at radius 3 is 2.71 bits per heavy atom. The molecule has 0 radical (unpaired) electrons. The summed E-state index contributed by atoms with van der Waals surface area (Å²) >= 11 is 0. The summed E-state index contributed by atoms with van der Waals surface area (Å²) in [6.07, 6.45) is 1.35. The third-order valence-electron chi connectivity index (χ3n) is 3.34. The largest absolute Gasteiger partial charge is 0.409 e. The number of amidine groups is 1. The van der Waals surface area contributed by atoms with E-state index in [4.69, 9.17) is 10.9 Å². The Morgan fingerprint density at radius 2 is 2.19 bits per heavy atom. The first-order valence-corrected chi connectivity index (χ1v) is 7.22. The van der Waals surface area contributed by atoms with E-state index < -0.39 is 5.92 Å². The van der Waals surface area contributed by atoms with Crippen molar-refractivity contribution in [3.63, 3.8) is 0 Å². The van der Waals surface area contributed by atoms with Gasteiger partial charge in [0.25, 0.3) is 0 Å². The third kappa shape index (κ3) is 4.73. The number of carbonyl (C=O) groups is 1. The molecule has 3 N–H and O–H groups in total. The molecule has 6 heteroatoms. The molecule has 0 aliphatic carbocycles. The summed E-state index contributed by atoms with van der Waals surface area (Å²) in [6, 6.07) is 5.72. The Balaban J connectivity index is 2.89. The molecule has 0 saturated carbocycles. The maximum absolute atomic E-state index is 12.6. The topological polar surface area (TPSA) is 91.8 Å². The fourth-order valence-electron chi connectivity index (χ4n) is 2.21. The first-order valence-electron chi connectivity index (χ1n) is 7.22. The second-order valence-electron chi connectivity index (χ2n) is 4.99. The van der Waals surface area contributed by atoms with Crippen molar-refractivity contribution in [1.82, 2.24) is 9.88 Å². The number of rotatable bonds is 7. The highest BCUT2D eigenvalue weighted by Gasteiger charge is 2.26. The summed E-state index contributed by atoms with van der Waals surface area (Å²) in [5.74, 6) is -0.736. The highest BCUT2D eigenvalue weighted by molar-refractivity contribution is 6.02. The molecule has 0 bridgehead atoms. The van der Waals surface area contributed by atoms with Crippen LogP contribution in [0.2, 0.25) is 0 Å². The number of hydrogen-bond acceptors (Lipinski definition) is 4. The lowest BCUT2D eigenvalue weighted by Gasteiger charge is -2.25. The molecule has 0 aliphatic rings. The smallest absolute Gasteiger partial charge is 0.233 e. The van der Waals surface area contributed by atoms with Crippen LogP contribution in [0.5, 0.6) is 0 Å². The normalized spacial score (nSPS) is 13.0. The van der Waals surface area contributed by atoms with Crippen molar-refractivity contribution >= 4 is 11.7 Å². The fraction of sp³-hybridized carbons (Fsp3) is 0.533. The molecule has 0 spiro atoms. The van der Waals surface area contributed by atoms with E-state index in [0.717, 1.165) is 17.8 Å². The average molecular weight is 292 g/mol. The summed E-state index contributed by atoms with van der Waals surface area (Å²) in [5.41, 5.74) is 7.40. The first kappa shape index (κ1) is 16.9. The minimum atomic E-state index is -0.579. The van der Waals surface area contributed by atoms with E-state index in [0.29, 0.717) is 19.5 Å². The van der Waals surface area contributed by atoms with E-state index in [2.05, 4.69) is 10.1 Å². The summed E-state index contributed by atoms with van der Waals surface area (Å²) in [7, 11) is 0. The number of pyridine rings is 1. The molecule has 1 atom stereocenters. The zero-order chi connectivity index (χ0) is 15.8. The van der Waals surface area contributed by atoms with E-state index >= 15 is 0 Å². The van der Waals surface area contributed by atoms with Gasteiger partial charge in [0.1, 0.15) is 0 Å². The summed E-state index contributed by atoms with van der Waals surface area (Å²) in [6.45, 7) is 6.76. The maximum Gasteiger partial charge on any atom is 0.233 e. The Kier molecular flexibility index (Phi) is 6.65. The van der Waals surface area contributed by atoms with Crippen LogP contribution in [0.1, 0.15) is 38.1 Å². The minimum Gasteiger partial charge on any atom is -0.409 e. The summed E-state index contributed by atoms with van der Waals surface area (Å²) in [5, 5.41) is 11.8. The van der Waals surface area contributed by atoms with Gasteiger partial charge in [0.05, 0.1) is 18.2 Å². The van der Waals surface area contributed by atoms with Crippen LogP contribution in [0.25, 0.3) is 0 Å². The lowest BCUT2D eigenvalue weighted by atomic mass is 10.0. The molecule has 116 valence electrons. The van der Waals surface area contributed by atoms with Gasteiger partial charge in [-0.3, -0.25) is 9.78 Å². The van der Waals surface area contributed by atoms with Gasteiger partial charge in [-0.1, -0.05) is 24.6 Å². The fourth-order valence-corrected chi connectivity index (χ4v) is 2.21. The van der Waals surface area contributed by atoms with Crippen LogP contribution in [-0.4, -0.2) is 33.4 Å². The Bertz CT molecular complexity index is 502. The van der Waals surface area contributed by atoms with Crippen LogP contribution in [0.3, 0.4) is 0 Å². The minimum absolute atomic E-state index is 0.0301. The Morgan fingerprint density at radius 1 is 1.48 bits per heavy atom. The molecule has 1 rings (SSSR count). The molecule has 1 amide bonds. The summed E-state index contributed by atoms with van der Waals surface area (Å²) < 4.78 is 0. The molecule has 0 fully saturated rings. The lowest BCUT2D eigenvalue weighted by molar-refractivity contribution is -0.134. The van der Waals surface area contributed by atoms with Gasteiger partial charge in [-0.05, 0) is 32.4 Å². The van der Waals surface area contributed by atoms with Crippen molar-refractivity contribution in [2.24, 2.45) is 16.8 Å². The highest BCUT2D eigenvalue weighted by Crippen LogP contribution is 2.13. The van der Waals surface area contributed by atoms with Crippen molar-refractivity contribution in [2.45, 2.75) is 40.2 Å². The van der Waals surface area contributed by atoms with Crippen LogP contribution in [-0.2, 0) is 11.3 Å². The van der Waals surface area contributed by atoms with Gasteiger partial charge >= 0.3 is 0 Å². The van der Waals surface area contributed by atoms with Crippen molar-refractivity contribution in [1.29, 1.82) is 0 Å². The van der Waals surface area contributed by atoms with E-state index in [1.54, 1.807) is 4.90 Å². The lowest BCUT2D eigenvalue weighted by Crippen LogP contribution is -2.41. The van der Waals surface area contributed by atoms with E-state index in [1.807, 2.05) is 39.0 Å². The quantitative estimate of drug-likeness (QED) is 0.347. The van der Waals surface area contributed by atoms with Crippen LogP contribution < -0.4 is 5.73 Å². The number of oxime groups is 1. The van der Waals surface area contributed by atoms with Gasteiger partial charge in [-0.25, -0.2) is 0 Å². The molecule has 1 aromatic heterocycles. The maximum atomic E-state index is 12.6. The van der Waals surface area contributed by atoms with Gasteiger partial charge in [0.2, 0.25) is 5.91 Å². The van der Waals surface area contributed by atoms with Crippen LogP contribution in [0.4, 0.5) is 0 Å². The SMILES string of the molecule is CCCC(C(=O)N(CC)Cc1cccc(C)n1)/C(N)=N/O. The molecule has 1 unspecified atom stereocenters. The van der Waals surface area contributed by atoms with Gasteiger partial charge in [0.15, 0.2) is 5.84 Å². The monoisotopic (exact) mass is 292 g/mol. The summed E-state index contributed by atoms with van der Waals surface area (Å²) in [4.78, 5) is 18.7. The zero-order valence-corrected chi connectivity index (χ0v) is 12.9. The number of amides is 1. The zero-order valence-electron chi connectivity index (χ0n) is 12.9. The number of hydrogen-bond donors (Lipinski definition) is 2.